The largest absolute Gasteiger partial charge is 0.356 e. The molecule has 0 saturated heterocycles. The lowest BCUT2D eigenvalue weighted by Gasteiger charge is -2.12. The molecule has 0 atom stereocenters. The quantitative estimate of drug-likeness (QED) is 0.323. The lowest BCUT2D eigenvalue weighted by molar-refractivity contribution is 0.625. The van der Waals surface area contributed by atoms with E-state index in [9.17, 15) is 4.39 Å². The number of hydrogen-bond donors (Lipinski definition) is 2. The van der Waals surface area contributed by atoms with E-state index in [1.807, 2.05) is 48.0 Å². The van der Waals surface area contributed by atoms with Gasteiger partial charge in [-0.25, -0.2) is 9.37 Å². The van der Waals surface area contributed by atoms with Crippen LogP contribution in [0, 0.1) is 12.7 Å². The first kappa shape index (κ1) is 21.1. The van der Waals surface area contributed by atoms with Crippen molar-refractivity contribution in [1.29, 1.82) is 0 Å². The first-order chi connectivity index (χ1) is 12.7. The maximum atomic E-state index is 13.1. The second-order valence-corrected chi connectivity index (χ2v) is 6.19. The first-order valence-electron chi connectivity index (χ1n) is 8.78. The van der Waals surface area contributed by atoms with E-state index in [2.05, 4.69) is 20.6 Å². The van der Waals surface area contributed by atoms with Crippen LogP contribution in [0.15, 0.2) is 53.8 Å². The molecule has 3 rings (SSSR count). The summed E-state index contributed by atoms with van der Waals surface area (Å²) in [6.07, 6.45) is 5.68. The number of nitrogens with zero attached hydrogens (tertiary/aromatic N) is 3. The number of imidazole rings is 1. The minimum Gasteiger partial charge on any atom is -0.356 e. The van der Waals surface area contributed by atoms with Crippen LogP contribution in [-0.4, -0.2) is 35.5 Å². The molecule has 0 unspecified atom stereocenters. The molecule has 0 aliphatic carbocycles. The molecule has 2 heterocycles. The smallest absolute Gasteiger partial charge is 0.190 e. The molecule has 0 spiro atoms. The fraction of sp³-hybridized carbons (Fsp3) is 0.300. The number of rotatable bonds is 6. The van der Waals surface area contributed by atoms with Crippen LogP contribution in [0.2, 0.25) is 0 Å². The third-order valence-electron chi connectivity index (χ3n) is 4.30. The Labute approximate surface area is 176 Å². The van der Waals surface area contributed by atoms with Crippen LogP contribution in [-0.2, 0) is 12.8 Å². The van der Waals surface area contributed by atoms with Gasteiger partial charge in [0.1, 0.15) is 11.5 Å². The van der Waals surface area contributed by atoms with E-state index >= 15 is 0 Å². The Kier molecular flexibility index (Phi) is 8.02. The topological polar surface area (TPSA) is 53.7 Å². The van der Waals surface area contributed by atoms with Gasteiger partial charge in [0.05, 0.1) is 5.69 Å². The third kappa shape index (κ3) is 5.92. The van der Waals surface area contributed by atoms with E-state index in [-0.39, 0.29) is 29.8 Å². The molecule has 0 saturated carbocycles. The van der Waals surface area contributed by atoms with Crippen LogP contribution < -0.4 is 10.6 Å². The van der Waals surface area contributed by atoms with E-state index in [0.29, 0.717) is 0 Å². The van der Waals surface area contributed by atoms with Crippen LogP contribution in [0.1, 0.15) is 16.8 Å². The lowest BCUT2D eigenvalue weighted by atomic mass is 10.1. The Bertz CT molecular complexity index is 873. The van der Waals surface area contributed by atoms with Gasteiger partial charge in [-0.1, -0.05) is 12.1 Å². The van der Waals surface area contributed by atoms with Gasteiger partial charge in [0, 0.05) is 39.0 Å². The van der Waals surface area contributed by atoms with Gasteiger partial charge in [0.15, 0.2) is 5.96 Å². The molecular formula is C20H25FIN5. The number of hydrogen-bond acceptors (Lipinski definition) is 2. The van der Waals surface area contributed by atoms with Gasteiger partial charge < -0.3 is 15.0 Å². The number of guanidine groups is 1. The van der Waals surface area contributed by atoms with Crippen molar-refractivity contribution in [2.75, 3.05) is 20.1 Å². The molecule has 3 aromatic rings. The molecule has 0 amide bonds. The first-order valence-corrected chi connectivity index (χ1v) is 8.78. The minimum atomic E-state index is -0.191. The summed E-state index contributed by atoms with van der Waals surface area (Å²) >= 11 is 0. The maximum absolute atomic E-state index is 13.1. The monoisotopic (exact) mass is 481 g/mol. The molecule has 2 aromatic heterocycles. The molecule has 0 bridgehead atoms. The van der Waals surface area contributed by atoms with E-state index in [1.54, 1.807) is 13.1 Å². The summed E-state index contributed by atoms with van der Waals surface area (Å²) in [6, 6.07) is 10.9. The van der Waals surface area contributed by atoms with Crippen molar-refractivity contribution in [2.45, 2.75) is 19.8 Å². The summed E-state index contributed by atoms with van der Waals surface area (Å²) in [6.45, 7) is 3.42. The summed E-state index contributed by atoms with van der Waals surface area (Å²) in [7, 11) is 1.75. The van der Waals surface area contributed by atoms with Crippen LogP contribution in [0.25, 0.3) is 5.65 Å². The zero-order chi connectivity index (χ0) is 18.4. The fourth-order valence-corrected chi connectivity index (χ4v) is 2.89. The van der Waals surface area contributed by atoms with Gasteiger partial charge in [0.25, 0.3) is 0 Å². The molecule has 0 aliphatic heterocycles. The SMILES string of the molecule is CN=C(NCCc1cn2ccccc2n1)NCCc1ccc(F)cc1C.I. The zero-order valence-corrected chi connectivity index (χ0v) is 17.9. The van der Waals surface area contributed by atoms with Crippen molar-refractivity contribution in [1.82, 2.24) is 20.0 Å². The molecule has 144 valence electrons. The summed E-state index contributed by atoms with van der Waals surface area (Å²) in [5.41, 5.74) is 4.11. The number of aryl methyl sites for hydroxylation is 1. The van der Waals surface area contributed by atoms with Gasteiger partial charge in [0.2, 0.25) is 0 Å². The lowest BCUT2D eigenvalue weighted by Crippen LogP contribution is -2.39. The number of aromatic nitrogens is 2. The highest BCUT2D eigenvalue weighted by Crippen LogP contribution is 2.10. The van der Waals surface area contributed by atoms with E-state index < -0.39 is 0 Å². The summed E-state index contributed by atoms with van der Waals surface area (Å²) in [5, 5.41) is 6.59. The standard InChI is InChI=1S/C20H24FN5.HI/c1-15-13-17(21)7-6-16(15)8-10-23-20(22-2)24-11-9-18-14-26-12-4-3-5-19(26)25-18;/h3-7,12-14H,8-11H2,1-2H3,(H2,22,23,24);1H. The fourth-order valence-electron chi connectivity index (χ4n) is 2.89. The summed E-state index contributed by atoms with van der Waals surface area (Å²) < 4.78 is 15.2. The highest BCUT2D eigenvalue weighted by Gasteiger charge is 2.03. The Morgan fingerprint density at radius 3 is 2.63 bits per heavy atom. The molecule has 1 aromatic carbocycles. The van der Waals surface area contributed by atoms with Crippen LogP contribution in [0.4, 0.5) is 4.39 Å². The van der Waals surface area contributed by atoms with Crippen molar-refractivity contribution in [3.8, 4) is 0 Å². The second kappa shape index (κ2) is 10.2. The van der Waals surface area contributed by atoms with Crippen LogP contribution >= 0.6 is 24.0 Å². The van der Waals surface area contributed by atoms with Gasteiger partial charge in [-0.3, -0.25) is 4.99 Å². The van der Waals surface area contributed by atoms with Crippen molar-refractivity contribution in [2.24, 2.45) is 4.99 Å². The number of aliphatic imine (C=N–C) groups is 1. The maximum Gasteiger partial charge on any atom is 0.190 e. The molecule has 5 nitrogen and oxygen atoms in total. The normalized spacial score (nSPS) is 11.3. The van der Waals surface area contributed by atoms with Gasteiger partial charge in [-0.15, -0.1) is 24.0 Å². The van der Waals surface area contributed by atoms with Crippen LogP contribution in [0.5, 0.6) is 0 Å². The predicted octanol–water partition coefficient (Wildman–Crippen LogP) is 3.35. The van der Waals surface area contributed by atoms with Crippen molar-refractivity contribution in [3.05, 3.63) is 71.4 Å². The Morgan fingerprint density at radius 1 is 1.15 bits per heavy atom. The molecule has 0 fully saturated rings. The molecule has 0 radical (unpaired) electrons. The Hall–Kier alpha value is -2.16. The van der Waals surface area contributed by atoms with E-state index in [4.69, 9.17) is 0 Å². The number of nitrogens with one attached hydrogen (secondary N) is 2. The van der Waals surface area contributed by atoms with Crippen molar-refractivity contribution >= 4 is 35.6 Å². The molecule has 2 N–H and O–H groups in total. The number of pyridine rings is 1. The predicted molar refractivity (Wildman–Crippen MR) is 119 cm³/mol. The molecule has 0 aliphatic rings. The average molecular weight is 481 g/mol. The van der Waals surface area contributed by atoms with Gasteiger partial charge in [-0.05, 0) is 48.7 Å². The third-order valence-corrected chi connectivity index (χ3v) is 4.30. The van der Waals surface area contributed by atoms with Crippen LogP contribution in [0.3, 0.4) is 0 Å². The zero-order valence-electron chi connectivity index (χ0n) is 15.6. The summed E-state index contributed by atoms with van der Waals surface area (Å²) in [5.74, 6) is 0.567. The number of halogens is 2. The second-order valence-electron chi connectivity index (χ2n) is 6.19. The Morgan fingerprint density at radius 2 is 1.93 bits per heavy atom. The van der Waals surface area contributed by atoms with Gasteiger partial charge in [-0.2, -0.15) is 0 Å². The summed E-state index contributed by atoms with van der Waals surface area (Å²) in [4.78, 5) is 8.82. The van der Waals surface area contributed by atoms with E-state index in [0.717, 1.165) is 54.4 Å². The van der Waals surface area contributed by atoms with E-state index in [1.165, 1.54) is 6.07 Å². The van der Waals surface area contributed by atoms with Crippen molar-refractivity contribution in [3.63, 3.8) is 0 Å². The molecule has 7 heteroatoms. The Balaban J connectivity index is 0.00000261. The number of benzene rings is 1. The highest BCUT2D eigenvalue weighted by molar-refractivity contribution is 14.0. The number of fused-ring (bicyclic) bond motifs is 1. The van der Waals surface area contributed by atoms with Gasteiger partial charge >= 0.3 is 0 Å². The molecular weight excluding hydrogens is 456 g/mol. The minimum absolute atomic E-state index is 0. The average Bonchev–Trinajstić information content (AvgIpc) is 3.05. The molecule has 27 heavy (non-hydrogen) atoms. The van der Waals surface area contributed by atoms with Crippen molar-refractivity contribution < 1.29 is 4.39 Å². The highest BCUT2D eigenvalue weighted by atomic mass is 127.